The summed E-state index contributed by atoms with van der Waals surface area (Å²) in [6.07, 6.45) is 4.07. The second kappa shape index (κ2) is 10.6. The van der Waals surface area contributed by atoms with Crippen molar-refractivity contribution in [2.75, 3.05) is 38.1 Å². The number of imidazole rings is 1. The van der Waals surface area contributed by atoms with E-state index >= 15 is 0 Å². The molecule has 3 aromatic rings. The number of nitrogens with one attached hydrogen (secondary N) is 2. The number of likely N-dealkylation sites (N-methyl/N-ethyl adjacent to an activating group) is 1. The largest absolute Gasteiger partial charge is 0.348 e. The van der Waals surface area contributed by atoms with Crippen LogP contribution < -0.4 is 10.2 Å². The maximum absolute atomic E-state index is 13.2. The molecule has 1 aliphatic rings. The number of aromatic nitrogens is 4. The fraction of sp³-hybridized carbons (Fsp3) is 0.400. The summed E-state index contributed by atoms with van der Waals surface area (Å²) < 4.78 is 0. The van der Waals surface area contributed by atoms with Gasteiger partial charge in [0.05, 0.1) is 18.9 Å². The van der Waals surface area contributed by atoms with Gasteiger partial charge in [0.15, 0.2) is 11.5 Å². The maximum Gasteiger partial charge on any atom is 0.242 e. The Kier molecular flexibility index (Phi) is 8.40. The molecule has 0 radical (unpaired) electrons. The van der Waals surface area contributed by atoms with E-state index in [0.717, 1.165) is 25.0 Å². The first-order chi connectivity index (χ1) is 13.7. The van der Waals surface area contributed by atoms with E-state index in [9.17, 15) is 4.79 Å². The summed E-state index contributed by atoms with van der Waals surface area (Å²) in [7, 11) is 1.87. The van der Waals surface area contributed by atoms with E-state index in [2.05, 4.69) is 56.4 Å². The minimum atomic E-state index is 0. The number of piperazine rings is 1. The topological polar surface area (TPSA) is 90.0 Å². The Morgan fingerprint density at radius 1 is 1.20 bits per heavy atom. The zero-order valence-electron chi connectivity index (χ0n) is 17.0. The van der Waals surface area contributed by atoms with Crippen LogP contribution in [0.3, 0.4) is 0 Å². The number of carbonyl (C=O) groups excluding carboxylic acids is 1. The van der Waals surface area contributed by atoms with E-state index in [4.69, 9.17) is 0 Å². The van der Waals surface area contributed by atoms with Gasteiger partial charge in [-0.1, -0.05) is 31.2 Å². The summed E-state index contributed by atoms with van der Waals surface area (Å²) in [5.41, 5.74) is 3.81. The number of benzene rings is 1. The lowest BCUT2D eigenvalue weighted by atomic mass is 10.0. The minimum absolute atomic E-state index is 0. The van der Waals surface area contributed by atoms with Crippen molar-refractivity contribution in [2.24, 2.45) is 0 Å². The number of hydrogen-bond acceptors (Lipinski definition) is 6. The normalized spacial score (nSPS) is 15.9. The third-order valence-corrected chi connectivity index (χ3v) is 5.27. The summed E-state index contributed by atoms with van der Waals surface area (Å²) in [6, 6.07) is 8.61. The van der Waals surface area contributed by atoms with Gasteiger partial charge in [-0.3, -0.25) is 4.79 Å². The smallest absolute Gasteiger partial charge is 0.242 e. The standard InChI is InChI=1S/C20H25N7O.2ClH/c1-3-14-4-6-15(7-5-14)16-10-21-8-9-27(16)17(28)11-26(2)20-18-19(23-12-22-18)24-13-25-20;;/h4-7,12-13,16,21H,3,8-11H2,1-2H3,(H,22,23,24,25);2*1H. The van der Waals surface area contributed by atoms with Gasteiger partial charge in [-0.25, -0.2) is 15.0 Å². The number of fused-ring (bicyclic) bond motifs is 1. The molecule has 0 spiro atoms. The van der Waals surface area contributed by atoms with Gasteiger partial charge < -0.3 is 20.1 Å². The van der Waals surface area contributed by atoms with Gasteiger partial charge in [-0.2, -0.15) is 0 Å². The molecule has 0 saturated carbocycles. The van der Waals surface area contributed by atoms with Gasteiger partial charge >= 0.3 is 0 Å². The van der Waals surface area contributed by atoms with Gasteiger partial charge in [-0.05, 0) is 17.5 Å². The Hall–Kier alpha value is -2.42. The highest BCUT2D eigenvalue weighted by Crippen LogP contribution is 2.24. The van der Waals surface area contributed by atoms with Crippen LogP contribution in [0.15, 0.2) is 36.9 Å². The Morgan fingerprint density at radius 3 is 2.70 bits per heavy atom. The predicted molar refractivity (Wildman–Crippen MR) is 123 cm³/mol. The van der Waals surface area contributed by atoms with Crippen molar-refractivity contribution >= 4 is 47.7 Å². The number of anilines is 1. The maximum atomic E-state index is 13.2. The summed E-state index contributed by atoms with van der Waals surface area (Å²) in [4.78, 5) is 32.7. The second-order valence-corrected chi connectivity index (χ2v) is 7.06. The molecule has 2 N–H and O–H groups in total. The molecule has 3 heterocycles. The predicted octanol–water partition coefficient (Wildman–Crippen LogP) is 2.37. The molecule has 8 nitrogen and oxygen atoms in total. The molecule has 1 saturated heterocycles. The fourth-order valence-corrected chi connectivity index (χ4v) is 3.69. The zero-order chi connectivity index (χ0) is 19.5. The van der Waals surface area contributed by atoms with Crippen LogP contribution in [0.25, 0.3) is 11.2 Å². The van der Waals surface area contributed by atoms with Crippen molar-refractivity contribution < 1.29 is 4.79 Å². The van der Waals surface area contributed by atoms with Crippen molar-refractivity contribution in [3.63, 3.8) is 0 Å². The van der Waals surface area contributed by atoms with Crippen LogP contribution >= 0.6 is 24.8 Å². The van der Waals surface area contributed by atoms with Crippen LogP contribution in [-0.4, -0.2) is 64.0 Å². The highest BCUT2D eigenvalue weighted by molar-refractivity contribution is 5.87. The molecule has 0 bridgehead atoms. The first kappa shape index (κ1) is 23.9. The van der Waals surface area contributed by atoms with E-state index < -0.39 is 0 Å². The van der Waals surface area contributed by atoms with Crippen molar-refractivity contribution in [3.8, 4) is 0 Å². The number of amides is 1. The highest BCUT2D eigenvalue weighted by Gasteiger charge is 2.28. The lowest BCUT2D eigenvalue weighted by molar-refractivity contribution is -0.133. The van der Waals surface area contributed by atoms with Crippen LogP contribution in [0.1, 0.15) is 24.1 Å². The summed E-state index contributed by atoms with van der Waals surface area (Å²) >= 11 is 0. The average molecular weight is 452 g/mol. The van der Waals surface area contributed by atoms with Crippen LogP contribution in [0.5, 0.6) is 0 Å². The highest BCUT2D eigenvalue weighted by atomic mass is 35.5. The molecule has 1 unspecified atom stereocenters. The number of aryl methyl sites for hydroxylation is 1. The number of hydrogen-bond donors (Lipinski definition) is 2. The zero-order valence-corrected chi connectivity index (χ0v) is 18.7. The molecule has 4 rings (SSSR count). The molecular weight excluding hydrogens is 425 g/mol. The van der Waals surface area contributed by atoms with Gasteiger partial charge in [0.25, 0.3) is 0 Å². The van der Waals surface area contributed by atoms with Crippen molar-refractivity contribution in [2.45, 2.75) is 19.4 Å². The first-order valence-electron chi connectivity index (χ1n) is 9.61. The van der Waals surface area contributed by atoms with Crippen molar-refractivity contribution in [1.29, 1.82) is 0 Å². The Morgan fingerprint density at radius 2 is 1.97 bits per heavy atom. The molecule has 1 aliphatic heterocycles. The van der Waals surface area contributed by atoms with E-state index in [1.165, 1.54) is 17.5 Å². The van der Waals surface area contributed by atoms with E-state index in [-0.39, 0.29) is 43.3 Å². The van der Waals surface area contributed by atoms with Crippen molar-refractivity contribution in [1.82, 2.24) is 30.2 Å². The molecule has 1 amide bonds. The van der Waals surface area contributed by atoms with E-state index in [1.807, 2.05) is 16.8 Å². The average Bonchev–Trinajstić information content (AvgIpc) is 3.22. The molecule has 1 aromatic carbocycles. The summed E-state index contributed by atoms with van der Waals surface area (Å²) in [5.74, 6) is 0.759. The minimum Gasteiger partial charge on any atom is -0.348 e. The molecular formula is C20H27Cl2N7O. The number of halogens is 2. The second-order valence-electron chi connectivity index (χ2n) is 7.06. The molecule has 1 atom stereocenters. The lowest BCUT2D eigenvalue weighted by Gasteiger charge is -2.37. The van der Waals surface area contributed by atoms with E-state index in [1.54, 1.807) is 6.33 Å². The number of carbonyl (C=O) groups is 1. The van der Waals surface area contributed by atoms with Gasteiger partial charge in [0.2, 0.25) is 5.91 Å². The summed E-state index contributed by atoms with van der Waals surface area (Å²) in [5, 5.41) is 3.41. The third-order valence-electron chi connectivity index (χ3n) is 5.27. The van der Waals surface area contributed by atoms with Crippen LogP contribution in [0.4, 0.5) is 5.82 Å². The number of nitrogens with zero attached hydrogens (tertiary/aromatic N) is 5. The third kappa shape index (κ3) is 4.83. The first-order valence-corrected chi connectivity index (χ1v) is 9.61. The number of rotatable bonds is 5. The molecule has 2 aromatic heterocycles. The molecule has 30 heavy (non-hydrogen) atoms. The van der Waals surface area contributed by atoms with Gasteiger partial charge in [0, 0.05) is 26.7 Å². The molecule has 0 aliphatic carbocycles. The molecule has 10 heteroatoms. The number of H-pyrrole nitrogens is 1. The monoisotopic (exact) mass is 451 g/mol. The lowest BCUT2D eigenvalue weighted by Crippen LogP contribution is -2.51. The Labute approximate surface area is 188 Å². The SMILES string of the molecule is CCc1ccc(C2CNCCN2C(=O)CN(C)c2ncnc3nc[nH]c23)cc1.Cl.Cl. The van der Waals surface area contributed by atoms with Gasteiger partial charge in [0.1, 0.15) is 11.8 Å². The molecule has 162 valence electrons. The Bertz CT molecular complexity index is 963. The Balaban J connectivity index is 0.00000160. The summed E-state index contributed by atoms with van der Waals surface area (Å²) in [6.45, 7) is 4.65. The van der Waals surface area contributed by atoms with Crippen LogP contribution in [0, 0.1) is 0 Å². The van der Waals surface area contributed by atoms with E-state index in [0.29, 0.717) is 18.0 Å². The van der Waals surface area contributed by atoms with Crippen LogP contribution in [0.2, 0.25) is 0 Å². The van der Waals surface area contributed by atoms with Gasteiger partial charge in [-0.15, -0.1) is 24.8 Å². The van der Waals surface area contributed by atoms with Crippen molar-refractivity contribution in [3.05, 3.63) is 48.0 Å². The quantitative estimate of drug-likeness (QED) is 0.618. The fourth-order valence-electron chi connectivity index (χ4n) is 3.69. The van der Waals surface area contributed by atoms with Crippen LogP contribution in [-0.2, 0) is 11.2 Å². The molecule has 1 fully saturated rings. The number of aromatic amines is 1.